The van der Waals surface area contributed by atoms with Crippen LogP contribution in [0.15, 0.2) is 48.7 Å². The lowest BCUT2D eigenvalue weighted by Crippen LogP contribution is -2.22. The summed E-state index contributed by atoms with van der Waals surface area (Å²) in [4.78, 5) is 4.46. The lowest BCUT2D eigenvalue weighted by molar-refractivity contribution is 0.131. The van der Waals surface area contributed by atoms with Crippen LogP contribution >= 0.6 is 0 Å². The number of anilines is 3. The van der Waals surface area contributed by atoms with Crippen LogP contribution in [0.3, 0.4) is 0 Å². The van der Waals surface area contributed by atoms with Crippen LogP contribution in [0, 0.1) is 6.92 Å². The Kier molecular flexibility index (Phi) is 4.06. The first-order chi connectivity index (χ1) is 11.3. The molecule has 0 spiro atoms. The second-order valence-electron chi connectivity index (χ2n) is 6.91. The van der Waals surface area contributed by atoms with Crippen molar-refractivity contribution in [3.05, 3.63) is 54.2 Å². The zero-order valence-corrected chi connectivity index (χ0v) is 14.6. The average Bonchev–Trinajstić information content (AvgIpc) is 2.52. The molecule has 124 valence electrons. The number of aromatic nitrogens is 1. The smallest absolute Gasteiger partial charge is 0.138 e. The summed E-state index contributed by atoms with van der Waals surface area (Å²) in [5.74, 6) is 1.64. The van der Waals surface area contributed by atoms with Crippen molar-refractivity contribution < 1.29 is 4.74 Å². The van der Waals surface area contributed by atoms with E-state index in [9.17, 15) is 0 Å². The van der Waals surface area contributed by atoms with Crippen molar-refractivity contribution in [1.82, 2.24) is 4.98 Å². The summed E-state index contributed by atoms with van der Waals surface area (Å²) >= 11 is 0. The van der Waals surface area contributed by atoms with Crippen molar-refractivity contribution in [2.45, 2.75) is 33.3 Å². The highest BCUT2D eigenvalue weighted by molar-refractivity contribution is 6.01. The molecule has 3 rings (SSSR count). The van der Waals surface area contributed by atoms with Gasteiger partial charge in [0.2, 0.25) is 0 Å². The molecule has 0 saturated heterocycles. The van der Waals surface area contributed by atoms with Crippen molar-refractivity contribution in [2.75, 3.05) is 11.1 Å². The highest BCUT2D eigenvalue weighted by atomic mass is 16.5. The number of benzene rings is 2. The SMILES string of the molecule is Cc1ccc2c(Nc3ccc(OC(C)(C)C)cc3)nccc2c1N. The van der Waals surface area contributed by atoms with E-state index in [4.69, 9.17) is 10.5 Å². The van der Waals surface area contributed by atoms with Crippen LogP contribution in [-0.2, 0) is 0 Å². The zero-order valence-electron chi connectivity index (χ0n) is 14.6. The summed E-state index contributed by atoms with van der Waals surface area (Å²) in [6.07, 6.45) is 1.78. The van der Waals surface area contributed by atoms with Gasteiger partial charge in [0, 0.05) is 28.3 Å². The summed E-state index contributed by atoms with van der Waals surface area (Å²) < 4.78 is 5.85. The molecule has 3 aromatic rings. The van der Waals surface area contributed by atoms with Crippen LogP contribution < -0.4 is 15.8 Å². The third-order valence-corrected chi connectivity index (χ3v) is 3.75. The maximum absolute atomic E-state index is 6.19. The van der Waals surface area contributed by atoms with E-state index in [1.54, 1.807) is 6.20 Å². The molecule has 24 heavy (non-hydrogen) atoms. The van der Waals surface area contributed by atoms with Gasteiger partial charge in [-0.15, -0.1) is 0 Å². The number of pyridine rings is 1. The Labute approximate surface area is 142 Å². The first-order valence-corrected chi connectivity index (χ1v) is 8.03. The van der Waals surface area contributed by atoms with Crippen molar-refractivity contribution in [3.8, 4) is 5.75 Å². The minimum atomic E-state index is -0.207. The molecule has 2 aromatic carbocycles. The van der Waals surface area contributed by atoms with Gasteiger partial charge in [-0.1, -0.05) is 12.1 Å². The molecule has 0 fully saturated rings. The van der Waals surface area contributed by atoms with Gasteiger partial charge in [0.25, 0.3) is 0 Å². The normalized spacial score (nSPS) is 11.5. The van der Waals surface area contributed by atoms with Gasteiger partial charge in [-0.3, -0.25) is 0 Å². The molecule has 3 N–H and O–H groups in total. The Morgan fingerprint density at radius 3 is 2.33 bits per heavy atom. The molecular weight excluding hydrogens is 298 g/mol. The van der Waals surface area contributed by atoms with Gasteiger partial charge in [-0.05, 0) is 63.6 Å². The monoisotopic (exact) mass is 321 g/mol. The van der Waals surface area contributed by atoms with Crippen LogP contribution in [-0.4, -0.2) is 10.6 Å². The predicted octanol–water partition coefficient (Wildman–Crippen LogP) is 5.05. The quantitative estimate of drug-likeness (QED) is 0.663. The van der Waals surface area contributed by atoms with E-state index in [1.165, 1.54) is 0 Å². The molecular formula is C20H23N3O. The fourth-order valence-corrected chi connectivity index (χ4v) is 2.58. The Morgan fingerprint density at radius 2 is 1.67 bits per heavy atom. The Morgan fingerprint density at radius 1 is 0.958 bits per heavy atom. The van der Waals surface area contributed by atoms with Gasteiger partial charge in [-0.25, -0.2) is 4.98 Å². The number of nitrogens with one attached hydrogen (secondary N) is 1. The van der Waals surface area contributed by atoms with Gasteiger partial charge in [0.1, 0.15) is 17.2 Å². The van der Waals surface area contributed by atoms with E-state index in [-0.39, 0.29) is 5.60 Å². The largest absolute Gasteiger partial charge is 0.488 e. The molecule has 0 radical (unpaired) electrons. The van der Waals surface area contributed by atoms with Crippen LogP contribution in [0.25, 0.3) is 10.8 Å². The molecule has 0 unspecified atom stereocenters. The molecule has 0 aliphatic carbocycles. The molecule has 0 amide bonds. The summed E-state index contributed by atoms with van der Waals surface area (Å²) in [6.45, 7) is 8.11. The summed E-state index contributed by atoms with van der Waals surface area (Å²) in [5.41, 5.74) is 8.80. The number of nitrogen functional groups attached to an aromatic ring is 1. The van der Waals surface area contributed by atoms with Crippen LogP contribution in [0.5, 0.6) is 5.75 Å². The van der Waals surface area contributed by atoms with Crippen molar-refractivity contribution in [2.24, 2.45) is 0 Å². The number of rotatable bonds is 3. The van der Waals surface area contributed by atoms with E-state index in [0.29, 0.717) is 0 Å². The molecule has 4 nitrogen and oxygen atoms in total. The van der Waals surface area contributed by atoms with Crippen molar-refractivity contribution >= 4 is 28.0 Å². The van der Waals surface area contributed by atoms with Gasteiger partial charge in [0.05, 0.1) is 0 Å². The van der Waals surface area contributed by atoms with E-state index in [2.05, 4.69) is 10.3 Å². The summed E-state index contributed by atoms with van der Waals surface area (Å²) in [6, 6.07) is 13.9. The number of fused-ring (bicyclic) bond motifs is 1. The van der Waals surface area contributed by atoms with Gasteiger partial charge in [0.15, 0.2) is 0 Å². The summed E-state index contributed by atoms with van der Waals surface area (Å²) in [5, 5.41) is 5.39. The Balaban J connectivity index is 1.89. The third kappa shape index (κ3) is 3.43. The maximum Gasteiger partial charge on any atom is 0.138 e. The number of nitrogens with zero attached hydrogens (tertiary/aromatic N) is 1. The molecule has 0 aliphatic heterocycles. The molecule has 0 atom stereocenters. The fourth-order valence-electron chi connectivity index (χ4n) is 2.58. The number of nitrogens with two attached hydrogens (primary N) is 1. The topological polar surface area (TPSA) is 60.2 Å². The first kappa shape index (κ1) is 16.1. The van der Waals surface area contributed by atoms with Crippen LogP contribution in [0.1, 0.15) is 26.3 Å². The number of hydrogen-bond acceptors (Lipinski definition) is 4. The highest BCUT2D eigenvalue weighted by Gasteiger charge is 2.12. The van der Waals surface area contributed by atoms with Crippen molar-refractivity contribution in [1.29, 1.82) is 0 Å². The molecule has 0 bridgehead atoms. The molecule has 1 aromatic heterocycles. The maximum atomic E-state index is 6.19. The molecule has 4 heteroatoms. The third-order valence-electron chi connectivity index (χ3n) is 3.75. The second kappa shape index (κ2) is 6.04. The molecule has 1 heterocycles. The van der Waals surface area contributed by atoms with Crippen molar-refractivity contribution in [3.63, 3.8) is 0 Å². The van der Waals surface area contributed by atoms with E-state index < -0.39 is 0 Å². The fraction of sp³-hybridized carbons (Fsp3) is 0.250. The van der Waals surface area contributed by atoms with Crippen LogP contribution in [0.4, 0.5) is 17.2 Å². The second-order valence-corrected chi connectivity index (χ2v) is 6.91. The number of ether oxygens (including phenoxy) is 1. The van der Waals surface area contributed by atoms with Crippen LogP contribution in [0.2, 0.25) is 0 Å². The van der Waals surface area contributed by atoms with Gasteiger partial charge < -0.3 is 15.8 Å². The Hall–Kier alpha value is -2.75. The minimum Gasteiger partial charge on any atom is -0.488 e. The first-order valence-electron chi connectivity index (χ1n) is 8.03. The Bertz CT molecular complexity index is 864. The van der Waals surface area contributed by atoms with Gasteiger partial charge >= 0.3 is 0 Å². The van der Waals surface area contributed by atoms with E-state index >= 15 is 0 Å². The molecule has 0 saturated carbocycles. The minimum absolute atomic E-state index is 0.207. The lowest BCUT2D eigenvalue weighted by atomic mass is 10.1. The lowest BCUT2D eigenvalue weighted by Gasteiger charge is -2.21. The van der Waals surface area contributed by atoms with Gasteiger partial charge in [-0.2, -0.15) is 0 Å². The zero-order chi connectivity index (χ0) is 17.3. The van der Waals surface area contributed by atoms with E-state index in [1.807, 2.05) is 70.2 Å². The molecule has 0 aliphatic rings. The number of aryl methyl sites for hydroxylation is 1. The highest BCUT2D eigenvalue weighted by Crippen LogP contribution is 2.30. The number of hydrogen-bond donors (Lipinski definition) is 2. The average molecular weight is 321 g/mol. The predicted molar refractivity (Wildman–Crippen MR) is 101 cm³/mol. The van der Waals surface area contributed by atoms with E-state index in [0.717, 1.165) is 39.3 Å². The standard InChI is InChI=1S/C20H23N3O/c1-13-5-10-17-16(18(13)21)11-12-22-19(17)23-14-6-8-15(9-7-14)24-20(2,3)4/h5-12H,21H2,1-4H3,(H,22,23). The summed E-state index contributed by atoms with van der Waals surface area (Å²) in [7, 11) is 0.